The number of benzene rings is 1. The standard InChI is InChI=1S/C11H5ClF4N2/c12-8-9(17-4-18-10(8)11(15)16)6-2-1-5(13)3-7(6)14/h1-4,11H. The van der Waals surface area contributed by atoms with E-state index in [-0.39, 0.29) is 11.3 Å². The van der Waals surface area contributed by atoms with E-state index in [0.717, 1.165) is 18.5 Å². The summed E-state index contributed by atoms with van der Waals surface area (Å²) in [6, 6.07) is 2.68. The van der Waals surface area contributed by atoms with Gasteiger partial charge in [0.25, 0.3) is 6.43 Å². The fourth-order valence-electron chi connectivity index (χ4n) is 1.40. The molecule has 94 valence electrons. The average molecular weight is 277 g/mol. The van der Waals surface area contributed by atoms with Gasteiger partial charge in [0.1, 0.15) is 23.7 Å². The van der Waals surface area contributed by atoms with Gasteiger partial charge in [-0.3, -0.25) is 0 Å². The molecule has 0 unspecified atom stereocenters. The first-order valence-corrected chi connectivity index (χ1v) is 5.12. The second-order valence-electron chi connectivity index (χ2n) is 3.35. The Kier molecular flexibility index (Phi) is 3.47. The number of halogens is 5. The largest absolute Gasteiger partial charge is 0.281 e. The number of alkyl halides is 2. The van der Waals surface area contributed by atoms with E-state index in [0.29, 0.717) is 6.07 Å². The van der Waals surface area contributed by atoms with Crippen molar-refractivity contribution in [2.75, 3.05) is 0 Å². The average Bonchev–Trinajstić information content (AvgIpc) is 2.30. The summed E-state index contributed by atoms with van der Waals surface area (Å²) in [7, 11) is 0. The van der Waals surface area contributed by atoms with Crippen LogP contribution in [0.2, 0.25) is 5.02 Å². The molecule has 0 atom stereocenters. The van der Waals surface area contributed by atoms with Gasteiger partial charge in [0.2, 0.25) is 0 Å². The molecule has 0 aliphatic carbocycles. The maximum atomic E-state index is 13.5. The second-order valence-corrected chi connectivity index (χ2v) is 3.72. The molecule has 0 saturated heterocycles. The van der Waals surface area contributed by atoms with Gasteiger partial charge >= 0.3 is 0 Å². The van der Waals surface area contributed by atoms with Gasteiger partial charge in [0.05, 0.1) is 10.7 Å². The van der Waals surface area contributed by atoms with Crippen molar-refractivity contribution < 1.29 is 17.6 Å². The van der Waals surface area contributed by atoms with Gasteiger partial charge in [-0.15, -0.1) is 0 Å². The summed E-state index contributed by atoms with van der Waals surface area (Å²) >= 11 is 5.68. The SMILES string of the molecule is Fc1ccc(-c2ncnc(C(F)F)c2Cl)c(F)c1. The molecule has 0 saturated carbocycles. The predicted octanol–water partition coefficient (Wildman–Crippen LogP) is 4.01. The van der Waals surface area contributed by atoms with Crippen LogP contribution in [0.3, 0.4) is 0 Å². The Morgan fingerprint density at radius 3 is 2.44 bits per heavy atom. The minimum Gasteiger partial charge on any atom is -0.235 e. The van der Waals surface area contributed by atoms with E-state index < -0.39 is 28.8 Å². The van der Waals surface area contributed by atoms with Gasteiger partial charge < -0.3 is 0 Å². The van der Waals surface area contributed by atoms with Gasteiger partial charge in [-0.05, 0) is 12.1 Å². The lowest BCUT2D eigenvalue weighted by Crippen LogP contribution is -1.98. The van der Waals surface area contributed by atoms with Crippen LogP contribution in [0.5, 0.6) is 0 Å². The first kappa shape index (κ1) is 12.8. The molecule has 18 heavy (non-hydrogen) atoms. The normalized spacial score (nSPS) is 11.0. The summed E-state index contributed by atoms with van der Waals surface area (Å²) in [6.45, 7) is 0. The third kappa shape index (κ3) is 2.28. The van der Waals surface area contributed by atoms with Crippen molar-refractivity contribution in [2.24, 2.45) is 0 Å². The molecule has 0 aliphatic heterocycles. The molecule has 0 spiro atoms. The summed E-state index contributed by atoms with van der Waals surface area (Å²) in [5.41, 5.74) is -1.05. The van der Waals surface area contributed by atoms with Crippen LogP contribution in [0.15, 0.2) is 24.5 Å². The van der Waals surface area contributed by atoms with Gasteiger partial charge in [-0.25, -0.2) is 27.5 Å². The second kappa shape index (κ2) is 4.89. The van der Waals surface area contributed by atoms with E-state index in [1.165, 1.54) is 0 Å². The van der Waals surface area contributed by atoms with Crippen molar-refractivity contribution in [3.63, 3.8) is 0 Å². The van der Waals surface area contributed by atoms with Crippen LogP contribution in [0.1, 0.15) is 12.1 Å². The molecule has 1 heterocycles. The first-order valence-electron chi connectivity index (χ1n) is 4.74. The lowest BCUT2D eigenvalue weighted by atomic mass is 10.1. The highest BCUT2D eigenvalue weighted by Crippen LogP contribution is 2.33. The number of hydrogen-bond donors (Lipinski definition) is 0. The van der Waals surface area contributed by atoms with Gasteiger partial charge in [-0.1, -0.05) is 11.6 Å². The molecular formula is C11H5ClF4N2. The van der Waals surface area contributed by atoms with Crippen LogP contribution < -0.4 is 0 Å². The summed E-state index contributed by atoms with van der Waals surface area (Å²) < 4.78 is 51.4. The summed E-state index contributed by atoms with van der Waals surface area (Å²) in [5, 5.41) is -0.446. The van der Waals surface area contributed by atoms with Crippen LogP contribution in [-0.2, 0) is 0 Å². The van der Waals surface area contributed by atoms with Gasteiger partial charge in [0.15, 0.2) is 0 Å². The summed E-state index contributed by atoms with van der Waals surface area (Å²) in [4.78, 5) is 6.96. The molecular weight excluding hydrogens is 272 g/mol. The van der Waals surface area contributed by atoms with Crippen LogP contribution in [0.4, 0.5) is 17.6 Å². The Morgan fingerprint density at radius 2 is 1.83 bits per heavy atom. The quantitative estimate of drug-likeness (QED) is 0.775. The number of nitrogens with zero attached hydrogens (tertiary/aromatic N) is 2. The molecule has 2 nitrogen and oxygen atoms in total. The molecule has 0 radical (unpaired) electrons. The lowest BCUT2D eigenvalue weighted by molar-refractivity contribution is 0.146. The van der Waals surface area contributed by atoms with E-state index >= 15 is 0 Å². The summed E-state index contributed by atoms with van der Waals surface area (Å²) in [5.74, 6) is -1.72. The molecule has 0 fully saturated rings. The third-order valence-corrected chi connectivity index (χ3v) is 2.58. The predicted molar refractivity (Wildman–Crippen MR) is 57.4 cm³/mol. The Balaban J connectivity index is 2.61. The molecule has 1 aromatic carbocycles. The first-order chi connectivity index (χ1) is 8.50. The van der Waals surface area contributed by atoms with Crippen LogP contribution >= 0.6 is 11.6 Å². The number of rotatable bonds is 2. The zero-order valence-electron chi connectivity index (χ0n) is 8.67. The molecule has 1 aromatic heterocycles. The Labute approximate surface area is 104 Å². The van der Waals surface area contributed by atoms with E-state index in [1.807, 2.05) is 0 Å². The van der Waals surface area contributed by atoms with E-state index in [4.69, 9.17) is 11.6 Å². The maximum absolute atomic E-state index is 13.5. The van der Waals surface area contributed by atoms with Crippen molar-refractivity contribution in [1.82, 2.24) is 9.97 Å². The van der Waals surface area contributed by atoms with E-state index in [2.05, 4.69) is 9.97 Å². The third-order valence-electron chi connectivity index (χ3n) is 2.21. The Hall–Kier alpha value is -1.69. The Morgan fingerprint density at radius 1 is 1.11 bits per heavy atom. The highest BCUT2D eigenvalue weighted by Gasteiger charge is 2.20. The highest BCUT2D eigenvalue weighted by atomic mass is 35.5. The fraction of sp³-hybridized carbons (Fsp3) is 0.0909. The van der Waals surface area contributed by atoms with Crippen molar-refractivity contribution in [3.05, 3.63) is 46.9 Å². The van der Waals surface area contributed by atoms with Crippen LogP contribution in [0.25, 0.3) is 11.3 Å². The smallest absolute Gasteiger partial charge is 0.235 e. The minimum absolute atomic E-state index is 0.161. The van der Waals surface area contributed by atoms with Crippen molar-refractivity contribution in [2.45, 2.75) is 6.43 Å². The van der Waals surface area contributed by atoms with Crippen molar-refractivity contribution in [3.8, 4) is 11.3 Å². The topological polar surface area (TPSA) is 25.8 Å². The van der Waals surface area contributed by atoms with Gasteiger partial charge in [-0.2, -0.15) is 0 Å². The summed E-state index contributed by atoms with van der Waals surface area (Å²) in [6.07, 6.45) is -2.05. The van der Waals surface area contributed by atoms with Crippen molar-refractivity contribution in [1.29, 1.82) is 0 Å². The number of hydrogen-bond acceptors (Lipinski definition) is 2. The maximum Gasteiger partial charge on any atom is 0.281 e. The lowest BCUT2D eigenvalue weighted by Gasteiger charge is -2.08. The Bertz CT molecular complexity index is 589. The van der Waals surface area contributed by atoms with Crippen molar-refractivity contribution >= 4 is 11.6 Å². The van der Waals surface area contributed by atoms with Gasteiger partial charge in [0, 0.05) is 11.6 Å². The van der Waals surface area contributed by atoms with Crippen LogP contribution in [-0.4, -0.2) is 9.97 Å². The molecule has 2 rings (SSSR count). The number of aromatic nitrogens is 2. The molecule has 0 N–H and O–H groups in total. The molecule has 0 bridgehead atoms. The fourth-order valence-corrected chi connectivity index (χ4v) is 1.69. The zero-order valence-corrected chi connectivity index (χ0v) is 9.43. The zero-order chi connectivity index (χ0) is 13.3. The molecule has 0 aliphatic rings. The molecule has 2 aromatic rings. The van der Waals surface area contributed by atoms with Crippen LogP contribution in [0, 0.1) is 11.6 Å². The molecule has 0 amide bonds. The monoisotopic (exact) mass is 276 g/mol. The minimum atomic E-state index is -2.90. The van der Waals surface area contributed by atoms with E-state index in [9.17, 15) is 17.6 Å². The van der Waals surface area contributed by atoms with E-state index in [1.54, 1.807) is 0 Å². The molecule has 7 heteroatoms. The highest BCUT2D eigenvalue weighted by molar-refractivity contribution is 6.33.